The Labute approximate surface area is 264 Å². The molecular formula is C37H58Cl2NP. The first-order chi connectivity index (χ1) is 18.0. The summed E-state index contributed by atoms with van der Waals surface area (Å²) in [4.78, 5) is 0. The molecule has 0 heterocycles. The van der Waals surface area contributed by atoms with Gasteiger partial charge >= 0.3 is 0 Å². The summed E-state index contributed by atoms with van der Waals surface area (Å²) in [6.07, 6.45) is 0. The van der Waals surface area contributed by atoms with Crippen LogP contribution in [0.3, 0.4) is 0 Å². The molecule has 1 nitrogen and oxygen atoms in total. The Morgan fingerprint density at radius 2 is 0.732 bits per heavy atom. The molecule has 0 aliphatic carbocycles. The van der Waals surface area contributed by atoms with Gasteiger partial charge in [-0.2, -0.15) is 0 Å². The highest BCUT2D eigenvalue weighted by Crippen LogP contribution is 2.47. The van der Waals surface area contributed by atoms with Crippen LogP contribution < -0.4 is 5.30 Å². The van der Waals surface area contributed by atoms with Crippen molar-refractivity contribution in [2.75, 3.05) is 0 Å². The molecule has 0 aliphatic rings. The summed E-state index contributed by atoms with van der Waals surface area (Å²) in [5.41, 5.74) is 8.32. The lowest BCUT2D eigenvalue weighted by Gasteiger charge is -2.34. The van der Waals surface area contributed by atoms with E-state index < -0.39 is 7.34 Å². The normalized spacial score (nSPS) is 14.5. The summed E-state index contributed by atoms with van der Waals surface area (Å²) < 4.78 is 6.03. The van der Waals surface area contributed by atoms with E-state index in [1.54, 1.807) is 0 Å². The van der Waals surface area contributed by atoms with E-state index in [0.29, 0.717) is 4.21 Å². The minimum absolute atomic E-state index is 0.00843. The van der Waals surface area contributed by atoms with Crippen LogP contribution in [0, 0.1) is 0 Å². The lowest BCUT2D eigenvalue weighted by molar-refractivity contribution is 0.550. The van der Waals surface area contributed by atoms with Crippen molar-refractivity contribution in [3.63, 3.8) is 0 Å². The lowest BCUT2D eigenvalue weighted by atomic mass is 9.74. The van der Waals surface area contributed by atoms with E-state index in [0.717, 1.165) is 5.69 Å². The summed E-state index contributed by atoms with van der Waals surface area (Å²) in [6.45, 7) is 41.2. The number of hydrogen-bond acceptors (Lipinski definition) is 1. The van der Waals surface area contributed by atoms with Gasteiger partial charge in [-0.15, -0.1) is 0 Å². The average molecular weight is 619 g/mol. The van der Waals surface area contributed by atoms with Gasteiger partial charge in [-0.25, -0.2) is 4.74 Å². The van der Waals surface area contributed by atoms with Gasteiger partial charge in [0.25, 0.3) is 0 Å². The number of halogens is 2. The van der Waals surface area contributed by atoms with Crippen LogP contribution in [0.15, 0.2) is 29.0 Å². The Morgan fingerprint density at radius 1 is 0.463 bits per heavy atom. The molecule has 2 rings (SSSR count). The first-order valence-corrected chi connectivity index (χ1v) is 17.1. The SMILES string of the molecule is CC(C)(C)c1cc(C(C)(C)C)c(N=P(=C(Cl)Cl)c2c(C(C)(C)C)cc(C(C)(C)C)cc2C(C)(C)C)c(C(C)(C)C)c1. The van der Waals surface area contributed by atoms with E-state index in [-0.39, 0.29) is 32.5 Å². The fourth-order valence-electron chi connectivity index (χ4n) is 5.03. The predicted octanol–water partition coefficient (Wildman–Crippen LogP) is 12.7. The third-order valence-corrected chi connectivity index (χ3v) is 10.3. The van der Waals surface area contributed by atoms with Gasteiger partial charge in [-0.05, 0) is 65.9 Å². The minimum atomic E-state index is -1.40. The van der Waals surface area contributed by atoms with E-state index >= 15 is 0 Å². The second-order valence-corrected chi connectivity index (χ2v) is 21.2. The molecule has 0 saturated carbocycles. The molecule has 2 aromatic carbocycles. The standard InChI is InChI=1S/C37H58Cl2NP/c1-32(2,3)23-19-25(34(7,8)9)29(26(20-23)35(10,11)12)40-41(31(38)39)30-27(36(13,14)15)21-24(33(4,5)6)22-28(30)37(16,17)18/h19-22H,1-18H3. The maximum atomic E-state index is 6.96. The van der Waals surface area contributed by atoms with Gasteiger partial charge in [0, 0.05) is 12.6 Å². The Balaban J connectivity index is 3.36. The summed E-state index contributed by atoms with van der Waals surface area (Å²) >= 11 is 13.9. The van der Waals surface area contributed by atoms with Gasteiger partial charge in [-0.3, -0.25) is 0 Å². The molecule has 0 radical (unpaired) electrons. The van der Waals surface area contributed by atoms with E-state index in [1.165, 1.54) is 38.7 Å². The van der Waals surface area contributed by atoms with E-state index in [9.17, 15) is 0 Å². The van der Waals surface area contributed by atoms with Crippen molar-refractivity contribution < 1.29 is 0 Å². The molecule has 4 heteroatoms. The van der Waals surface area contributed by atoms with Gasteiger partial charge in [0.05, 0.1) is 5.69 Å². The topological polar surface area (TPSA) is 12.4 Å². The van der Waals surface area contributed by atoms with Gasteiger partial charge in [0.1, 0.15) is 4.21 Å². The van der Waals surface area contributed by atoms with Crippen LogP contribution >= 0.6 is 30.5 Å². The largest absolute Gasteiger partial charge is 0.230 e. The van der Waals surface area contributed by atoms with Gasteiger partial charge < -0.3 is 0 Å². The zero-order valence-electron chi connectivity index (χ0n) is 29.5. The van der Waals surface area contributed by atoms with Crippen molar-refractivity contribution in [1.29, 1.82) is 0 Å². The van der Waals surface area contributed by atoms with Gasteiger partial charge in [-0.1, -0.05) is 172 Å². The third kappa shape index (κ3) is 8.55. The van der Waals surface area contributed by atoms with Gasteiger partial charge in [0.2, 0.25) is 0 Å². The van der Waals surface area contributed by atoms with Crippen molar-refractivity contribution in [1.82, 2.24) is 0 Å². The monoisotopic (exact) mass is 617 g/mol. The van der Waals surface area contributed by atoms with E-state index in [2.05, 4.69) is 149 Å². The molecule has 41 heavy (non-hydrogen) atoms. The summed E-state index contributed by atoms with van der Waals surface area (Å²) in [5, 5.41) is 1.20. The maximum Gasteiger partial charge on any atom is 0.147 e. The summed E-state index contributed by atoms with van der Waals surface area (Å²) in [5.74, 6) is 0. The first-order valence-electron chi connectivity index (χ1n) is 15.1. The third-order valence-electron chi connectivity index (χ3n) is 7.76. The second kappa shape index (κ2) is 11.5. The van der Waals surface area contributed by atoms with Crippen molar-refractivity contribution >= 4 is 45.7 Å². The number of nitrogens with zero attached hydrogens (tertiary/aromatic N) is 1. The van der Waals surface area contributed by atoms with E-state index in [4.69, 9.17) is 27.9 Å². The number of benzene rings is 2. The molecule has 0 bridgehead atoms. The molecule has 0 amide bonds. The number of hydrogen-bond donors (Lipinski definition) is 0. The van der Waals surface area contributed by atoms with Crippen LogP contribution in [-0.4, -0.2) is 4.21 Å². The van der Waals surface area contributed by atoms with Crippen LogP contribution in [0.1, 0.15) is 158 Å². The van der Waals surface area contributed by atoms with E-state index in [1.807, 2.05) is 0 Å². The van der Waals surface area contributed by atoms with Crippen molar-refractivity contribution in [2.24, 2.45) is 4.74 Å². The lowest BCUT2D eigenvalue weighted by Crippen LogP contribution is -2.30. The summed E-state index contributed by atoms with van der Waals surface area (Å²) in [7, 11) is -1.40. The Morgan fingerprint density at radius 3 is 0.951 bits per heavy atom. The van der Waals surface area contributed by atoms with Crippen LogP contribution in [0.25, 0.3) is 0 Å². The Hall–Kier alpha value is -1.01. The number of rotatable bonds is 2. The van der Waals surface area contributed by atoms with Crippen LogP contribution in [0.2, 0.25) is 0 Å². The van der Waals surface area contributed by atoms with Crippen LogP contribution in [0.5, 0.6) is 0 Å². The zero-order valence-corrected chi connectivity index (χ0v) is 31.9. The predicted molar refractivity (Wildman–Crippen MR) is 190 cm³/mol. The second-order valence-electron chi connectivity index (χ2n) is 18.0. The Kier molecular flexibility index (Phi) is 10.1. The highest BCUT2D eigenvalue weighted by molar-refractivity contribution is 7.66. The fourth-order valence-corrected chi connectivity index (χ4v) is 7.78. The molecular weight excluding hydrogens is 560 g/mol. The molecule has 1 unspecified atom stereocenters. The molecule has 230 valence electrons. The van der Waals surface area contributed by atoms with Crippen molar-refractivity contribution in [2.45, 2.75) is 157 Å². The molecule has 2 aromatic rings. The quantitative estimate of drug-likeness (QED) is 0.297. The molecule has 0 aliphatic heterocycles. The zero-order chi connectivity index (χ0) is 32.3. The molecule has 1 atom stereocenters. The molecule has 0 aromatic heterocycles. The fraction of sp³-hybridized carbons (Fsp3) is 0.649. The minimum Gasteiger partial charge on any atom is -0.230 e. The van der Waals surface area contributed by atoms with Crippen LogP contribution in [0.4, 0.5) is 5.69 Å². The molecule has 0 N–H and O–H groups in total. The Bertz CT molecular complexity index is 1300. The maximum absolute atomic E-state index is 6.96. The average Bonchev–Trinajstić information content (AvgIpc) is 2.72. The molecule has 0 spiro atoms. The molecule has 0 fully saturated rings. The smallest absolute Gasteiger partial charge is 0.147 e. The van der Waals surface area contributed by atoms with Crippen molar-refractivity contribution in [3.05, 3.63) is 57.6 Å². The first kappa shape index (κ1) is 36.2. The van der Waals surface area contributed by atoms with Gasteiger partial charge in [0.15, 0.2) is 0 Å². The van der Waals surface area contributed by atoms with Crippen molar-refractivity contribution in [3.8, 4) is 0 Å². The van der Waals surface area contributed by atoms with Crippen LogP contribution in [-0.2, 0) is 32.5 Å². The summed E-state index contributed by atoms with van der Waals surface area (Å²) in [6, 6.07) is 9.54. The highest BCUT2D eigenvalue weighted by atomic mass is 35.5. The molecule has 0 saturated heterocycles. The highest BCUT2D eigenvalue weighted by Gasteiger charge is 2.32.